The zero-order chi connectivity index (χ0) is 23.0. The van der Waals surface area contributed by atoms with Gasteiger partial charge >= 0.3 is 0 Å². The maximum Gasteiger partial charge on any atom is 0.254 e. The van der Waals surface area contributed by atoms with E-state index >= 15 is 0 Å². The molecule has 0 bridgehead atoms. The fraction of sp³-hybridized carbons (Fsp3) is 0.296. The van der Waals surface area contributed by atoms with E-state index in [-0.39, 0.29) is 11.9 Å². The molecule has 0 spiro atoms. The van der Waals surface area contributed by atoms with Crippen molar-refractivity contribution in [2.24, 2.45) is 0 Å². The monoisotopic (exact) mass is 426 g/mol. The van der Waals surface area contributed by atoms with Crippen LogP contribution in [0.15, 0.2) is 54.7 Å². The van der Waals surface area contributed by atoms with Crippen molar-refractivity contribution in [3.05, 3.63) is 82.7 Å². The van der Waals surface area contributed by atoms with E-state index in [1.165, 1.54) is 0 Å². The van der Waals surface area contributed by atoms with Crippen LogP contribution in [-0.4, -0.2) is 32.6 Å². The molecule has 0 aliphatic carbocycles. The Bertz CT molecular complexity index is 1300. The van der Waals surface area contributed by atoms with E-state index in [1.54, 1.807) is 4.90 Å². The van der Waals surface area contributed by atoms with E-state index in [0.717, 1.165) is 44.5 Å². The third-order valence-electron chi connectivity index (χ3n) is 5.90. The van der Waals surface area contributed by atoms with E-state index in [4.69, 9.17) is 4.98 Å². The minimum atomic E-state index is -0.0198. The Hall–Kier alpha value is -3.47. The van der Waals surface area contributed by atoms with Crippen molar-refractivity contribution < 1.29 is 4.79 Å². The SMILES string of the molecule is Cc1cccc(-c2cc(C(=O)N(C)Cc3cnn(C(C)C)c3C)c3cc(C)ccc3n2)c1. The molecule has 0 atom stereocenters. The number of carbonyl (C=O) groups excluding carboxylic acids is 1. The van der Waals surface area contributed by atoms with Crippen molar-refractivity contribution in [2.75, 3.05) is 7.05 Å². The van der Waals surface area contributed by atoms with Crippen LogP contribution in [0, 0.1) is 20.8 Å². The average Bonchev–Trinajstić information content (AvgIpc) is 3.12. The highest BCUT2D eigenvalue weighted by Crippen LogP contribution is 2.27. The van der Waals surface area contributed by atoms with Crippen molar-refractivity contribution in [3.63, 3.8) is 0 Å². The molecule has 0 saturated heterocycles. The second-order valence-electron chi connectivity index (χ2n) is 8.90. The molecular weight excluding hydrogens is 396 g/mol. The predicted octanol–water partition coefficient (Wildman–Crippen LogP) is 5.88. The molecule has 0 unspecified atom stereocenters. The number of amides is 1. The van der Waals surface area contributed by atoms with Gasteiger partial charge in [0.2, 0.25) is 0 Å². The summed E-state index contributed by atoms with van der Waals surface area (Å²) in [5.41, 5.74) is 7.74. The number of hydrogen-bond acceptors (Lipinski definition) is 3. The van der Waals surface area contributed by atoms with Gasteiger partial charge in [-0.1, -0.05) is 35.4 Å². The van der Waals surface area contributed by atoms with Crippen LogP contribution in [0.5, 0.6) is 0 Å². The molecule has 164 valence electrons. The van der Waals surface area contributed by atoms with Crippen LogP contribution in [0.1, 0.15) is 52.6 Å². The Morgan fingerprint density at radius 1 is 1.03 bits per heavy atom. The van der Waals surface area contributed by atoms with Gasteiger partial charge in [-0.05, 0) is 58.9 Å². The van der Waals surface area contributed by atoms with Gasteiger partial charge in [0.25, 0.3) is 5.91 Å². The molecule has 0 aliphatic rings. The van der Waals surface area contributed by atoms with E-state index in [1.807, 2.05) is 61.2 Å². The van der Waals surface area contributed by atoms with Crippen molar-refractivity contribution in [1.82, 2.24) is 19.7 Å². The van der Waals surface area contributed by atoms with Crippen molar-refractivity contribution in [3.8, 4) is 11.3 Å². The third kappa shape index (κ3) is 4.15. The van der Waals surface area contributed by atoms with E-state index in [9.17, 15) is 4.79 Å². The first kappa shape index (κ1) is 21.8. The number of fused-ring (bicyclic) bond motifs is 1. The molecule has 32 heavy (non-hydrogen) atoms. The van der Waals surface area contributed by atoms with Crippen LogP contribution in [0.2, 0.25) is 0 Å². The lowest BCUT2D eigenvalue weighted by Gasteiger charge is -2.19. The minimum absolute atomic E-state index is 0.0198. The predicted molar refractivity (Wildman–Crippen MR) is 130 cm³/mol. The van der Waals surface area contributed by atoms with Gasteiger partial charge in [0, 0.05) is 41.8 Å². The summed E-state index contributed by atoms with van der Waals surface area (Å²) in [5, 5.41) is 5.37. The molecule has 0 N–H and O–H groups in total. The van der Waals surface area contributed by atoms with E-state index < -0.39 is 0 Å². The Kier molecular flexibility index (Phi) is 5.83. The molecular formula is C27H30N4O. The zero-order valence-corrected chi connectivity index (χ0v) is 19.7. The normalized spacial score (nSPS) is 11.3. The number of aromatic nitrogens is 3. The number of carbonyl (C=O) groups is 1. The summed E-state index contributed by atoms with van der Waals surface area (Å²) in [4.78, 5) is 20.3. The number of aryl methyl sites for hydroxylation is 2. The first-order valence-electron chi connectivity index (χ1n) is 11.0. The van der Waals surface area contributed by atoms with Gasteiger partial charge in [-0.25, -0.2) is 4.98 Å². The molecule has 2 heterocycles. The van der Waals surface area contributed by atoms with Gasteiger partial charge in [-0.15, -0.1) is 0 Å². The van der Waals surface area contributed by atoms with Crippen LogP contribution in [0.4, 0.5) is 0 Å². The second-order valence-corrected chi connectivity index (χ2v) is 8.90. The quantitative estimate of drug-likeness (QED) is 0.401. The lowest BCUT2D eigenvalue weighted by Crippen LogP contribution is -2.27. The van der Waals surface area contributed by atoms with Crippen molar-refractivity contribution in [1.29, 1.82) is 0 Å². The van der Waals surface area contributed by atoms with Gasteiger partial charge in [-0.3, -0.25) is 9.48 Å². The van der Waals surface area contributed by atoms with Gasteiger partial charge in [0.1, 0.15) is 0 Å². The minimum Gasteiger partial charge on any atom is -0.337 e. The lowest BCUT2D eigenvalue weighted by atomic mass is 10.0. The number of pyridine rings is 1. The third-order valence-corrected chi connectivity index (χ3v) is 5.90. The van der Waals surface area contributed by atoms with E-state index in [0.29, 0.717) is 12.1 Å². The van der Waals surface area contributed by atoms with Crippen LogP contribution < -0.4 is 0 Å². The molecule has 5 heteroatoms. The maximum atomic E-state index is 13.6. The molecule has 0 saturated carbocycles. The van der Waals surface area contributed by atoms with Crippen LogP contribution in [0.3, 0.4) is 0 Å². The first-order valence-corrected chi connectivity index (χ1v) is 11.0. The Labute approximate surface area is 189 Å². The first-order chi connectivity index (χ1) is 15.2. The molecule has 5 nitrogen and oxygen atoms in total. The Morgan fingerprint density at radius 3 is 2.47 bits per heavy atom. The number of benzene rings is 2. The highest BCUT2D eigenvalue weighted by atomic mass is 16.2. The van der Waals surface area contributed by atoms with Crippen LogP contribution in [0.25, 0.3) is 22.2 Å². The summed E-state index contributed by atoms with van der Waals surface area (Å²) in [5.74, 6) is -0.0198. The second kappa shape index (κ2) is 8.58. The summed E-state index contributed by atoms with van der Waals surface area (Å²) >= 11 is 0. The molecule has 0 fully saturated rings. The van der Waals surface area contributed by atoms with Gasteiger partial charge in [0.05, 0.1) is 23.0 Å². The van der Waals surface area contributed by atoms with E-state index in [2.05, 4.69) is 44.9 Å². The largest absolute Gasteiger partial charge is 0.337 e. The van der Waals surface area contributed by atoms with Crippen LogP contribution in [-0.2, 0) is 6.54 Å². The van der Waals surface area contributed by atoms with Gasteiger partial charge in [0.15, 0.2) is 0 Å². The summed E-state index contributed by atoms with van der Waals surface area (Å²) in [6.45, 7) is 10.9. The smallest absolute Gasteiger partial charge is 0.254 e. The highest BCUT2D eigenvalue weighted by molar-refractivity contribution is 6.07. The Morgan fingerprint density at radius 2 is 1.78 bits per heavy atom. The van der Waals surface area contributed by atoms with Gasteiger partial charge in [-0.2, -0.15) is 5.10 Å². The van der Waals surface area contributed by atoms with Crippen molar-refractivity contribution >= 4 is 16.8 Å². The molecule has 0 radical (unpaired) electrons. The lowest BCUT2D eigenvalue weighted by molar-refractivity contribution is 0.0787. The number of rotatable bonds is 5. The number of hydrogen-bond donors (Lipinski definition) is 0. The topological polar surface area (TPSA) is 51.0 Å². The van der Waals surface area contributed by atoms with Crippen molar-refractivity contribution in [2.45, 2.75) is 47.2 Å². The molecule has 4 rings (SSSR count). The summed E-state index contributed by atoms with van der Waals surface area (Å²) < 4.78 is 1.99. The maximum absolute atomic E-state index is 13.6. The molecule has 2 aromatic heterocycles. The fourth-order valence-electron chi connectivity index (χ4n) is 4.14. The molecule has 0 aliphatic heterocycles. The van der Waals surface area contributed by atoms with Gasteiger partial charge < -0.3 is 4.90 Å². The average molecular weight is 427 g/mol. The van der Waals surface area contributed by atoms with Crippen LogP contribution >= 0.6 is 0 Å². The molecule has 1 amide bonds. The molecule has 4 aromatic rings. The molecule has 2 aromatic carbocycles. The summed E-state index contributed by atoms with van der Waals surface area (Å²) in [7, 11) is 1.85. The fourth-order valence-corrected chi connectivity index (χ4v) is 4.14. The number of nitrogens with zero attached hydrogens (tertiary/aromatic N) is 4. The Balaban J connectivity index is 1.76. The standard InChI is InChI=1S/C27H30N4O/c1-17(2)31-20(5)22(15-28-31)16-30(6)27(32)24-14-26(21-9-7-8-18(3)12-21)29-25-11-10-19(4)13-23(24)25/h7-15,17H,16H2,1-6H3. The highest BCUT2D eigenvalue weighted by Gasteiger charge is 2.20. The zero-order valence-electron chi connectivity index (χ0n) is 19.7. The summed E-state index contributed by atoms with van der Waals surface area (Å²) in [6.07, 6.45) is 1.87. The summed E-state index contributed by atoms with van der Waals surface area (Å²) in [6, 6.07) is 16.5.